The van der Waals surface area contributed by atoms with Gasteiger partial charge in [-0.3, -0.25) is 0 Å². The number of rotatable bonds is 0. The Morgan fingerprint density at radius 2 is 1.56 bits per heavy atom. The van der Waals surface area contributed by atoms with Gasteiger partial charge in [0.15, 0.2) is 0 Å². The molecular weight excluding hydrogens is 176 g/mol. The highest BCUT2D eigenvalue weighted by Crippen LogP contribution is 2.33. The monoisotopic (exact) mass is 190 g/mol. The van der Waals surface area contributed by atoms with Gasteiger partial charge in [-0.25, -0.2) is 0 Å². The second kappa shape index (κ2) is 3.05. The largest absolute Gasteiger partial charge is 0.0885 e. The molecule has 2 unspecified atom stereocenters. The Balaban J connectivity index is 2.41. The average Bonchev–Trinajstić information content (AvgIpc) is 1.83. The number of hydrogen-bond donors (Lipinski definition) is 0. The van der Waals surface area contributed by atoms with Crippen LogP contribution in [0.15, 0.2) is 0 Å². The molecule has 0 spiro atoms. The van der Waals surface area contributed by atoms with Crippen LogP contribution in [0.25, 0.3) is 0 Å². The number of halogens is 1. The third kappa shape index (κ3) is 1.70. The van der Waals surface area contributed by atoms with Crippen LogP contribution < -0.4 is 0 Å². The van der Waals surface area contributed by atoms with Crippen LogP contribution in [-0.4, -0.2) is 4.83 Å². The van der Waals surface area contributed by atoms with E-state index in [0.717, 1.165) is 16.7 Å². The van der Waals surface area contributed by atoms with Gasteiger partial charge in [0.05, 0.1) is 0 Å². The maximum atomic E-state index is 3.72. The van der Waals surface area contributed by atoms with E-state index in [0.29, 0.717) is 0 Å². The van der Waals surface area contributed by atoms with Gasteiger partial charge in [0.2, 0.25) is 0 Å². The molecule has 1 saturated carbocycles. The Labute approximate surface area is 66.2 Å². The molecule has 1 rings (SSSR count). The zero-order chi connectivity index (χ0) is 6.85. The first-order valence-electron chi connectivity index (χ1n) is 3.86. The van der Waals surface area contributed by atoms with E-state index in [9.17, 15) is 0 Å². The van der Waals surface area contributed by atoms with Crippen molar-refractivity contribution >= 4 is 15.9 Å². The van der Waals surface area contributed by atoms with Crippen molar-refractivity contribution in [2.45, 2.75) is 37.9 Å². The van der Waals surface area contributed by atoms with Gasteiger partial charge >= 0.3 is 0 Å². The van der Waals surface area contributed by atoms with E-state index in [2.05, 4.69) is 29.8 Å². The van der Waals surface area contributed by atoms with Crippen LogP contribution in [-0.2, 0) is 0 Å². The van der Waals surface area contributed by atoms with Gasteiger partial charge < -0.3 is 0 Å². The Kier molecular flexibility index (Phi) is 2.57. The van der Waals surface area contributed by atoms with Crippen LogP contribution in [0.3, 0.4) is 0 Å². The highest BCUT2D eigenvalue weighted by atomic mass is 79.9. The summed E-state index contributed by atoms with van der Waals surface area (Å²) in [5, 5.41) is 0. The predicted octanol–water partition coefficient (Wildman–Crippen LogP) is 3.21. The van der Waals surface area contributed by atoms with E-state index < -0.39 is 0 Å². The molecule has 0 nitrogen and oxygen atoms in total. The number of alkyl halides is 1. The Morgan fingerprint density at radius 3 is 1.89 bits per heavy atom. The van der Waals surface area contributed by atoms with Gasteiger partial charge in [-0.2, -0.15) is 0 Å². The summed E-state index contributed by atoms with van der Waals surface area (Å²) >= 11 is 3.72. The van der Waals surface area contributed by atoms with Crippen molar-refractivity contribution in [1.29, 1.82) is 0 Å². The van der Waals surface area contributed by atoms with Gasteiger partial charge in [-0.1, -0.05) is 36.2 Å². The molecule has 9 heavy (non-hydrogen) atoms. The molecule has 0 radical (unpaired) electrons. The summed E-state index contributed by atoms with van der Waals surface area (Å²) in [5.74, 6) is 1.79. The van der Waals surface area contributed by atoms with Crippen LogP contribution in [0.2, 0.25) is 0 Å². The van der Waals surface area contributed by atoms with Gasteiger partial charge in [0, 0.05) is 4.83 Å². The first-order valence-corrected chi connectivity index (χ1v) is 4.77. The Morgan fingerprint density at radius 1 is 1.11 bits per heavy atom. The topological polar surface area (TPSA) is 0 Å². The molecule has 0 aromatic carbocycles. The van der Waals surface area contributed by atoms with Crippen molar-refractivity contribution < 1.29 is 0 Å². The second-order valence-corrected chi connectivity index (χ2v) is 4.39. The molecule has 1 fully saturated rings. The number of hydrogen-bond acceptors (Lipinski definition) is 0. The molecule has 0 heterocycles. The molecule has 0 aromatic rings. The lowest BCUT2D eigenvalue weighted by Gasteiger charge is -2.29. The van der Waals surface area contributed by atoms with E-state index in [1.54, 1.807) is 0 Å². The Hall–Kier alpha value is 0.480. The van der Waals surface area contributed by atoms with Crippen molar-refractivity contribution in [1.82, 2.24) is 0 Å². The highest BCUT2D eigenvalue weighted by molar-refractivity contribution is 9.09. The van der Waals surface area contributed by atoms with Crippen molar-refractivity contribution in [2.75, 3.05) is 0 Å². The van der Waals surface area contributed by atoms with Gasteiger partial charge in [-0.15, -0.1) is 0 Å². The molecule has 0 N–H and O–H groups in total. The minimum Gasteiger partial charge on any atom is -0.0885 e. The maximum Gasteiger partial charge on any atom is 0.0197 e. The molecule has 2 atom stereocenters. The van der Waals surface area contributed by atoms with E-state index in [-0.39, 0.29) is 0 Å². The third-order valence-corrected chi connectivity index (χ3v) is 4.21. The van der Waals surface area contributed by atoms with Crippen LogP contribution in [0, 0.1) is 11.8 Å². The van der Waals surface area contributed by atoms with E-state index >= 15 is 0 Å². The van der Waals surface area contributed by atoms with Crippen molar-refractivity contribution in [3.63, 3.8) is 0 Å². The smallest absolute Gasteiger partial charge is 0.0197 e. The minimum absolute atomic E-state index is 0.784. The fourth-order valence-corrected chi connectivity index (χ4v) is 2.17. The lowest BCUT2D eigenvalue weighted by Crippen LogP contribution is -2.24. The van der Waals surface area contributed by atoms with Crippen LogP contribution in [0.4, 0.5) is 0 Å². The molecule has 1 heteroatoms. The molecule has 1 aliphatic rings. The zero-order valence-electron chi connectivity index (χ0n) is 6.23. The first kappa shape index (κ1) is 7.59. The lowest BCUT2D eigenvalue weighted by molar-refractivity contribution is 0.319. The maximum absolute atomic E-state index is 3.72. The van der Waals surface area contributed by atoms with Crippen molar-refractivity contribution in [3.8, 4) is 0 Å². The highest BCUT2D eigenvalue weighted by Gasteiger charge is 2.24. The quantitative estimate of drug-likeness (QED) is 0.516. The average molecular weight is 191 g/mol. The van der Waals surface area contributed by atoms with Crippen LogP contribution >= 0.6 is 15.9 Å². The fourth-order valence-electron chi connectivity index (χ4n) is 1.64. The SMILES string of the molecule is CC1CCCC(C)C1Br. The standard InChI is InChI=1S/C8H15Br/c1-6-4-3-5-7(2)8(6)9/h6-8H,3-5H2,1-2H3. The van der Waals surface area contributed by atoms with Gasteiger partial charge in [-0.05, 0) is 24.7 Å². The molecular formula is C8H15Br. The van der Waals surface area contributed by atoms with Gasteiger partial charge in [0.1, 0.15) is 0 Å². The summed E-state index contributed by atoms with van der Waals surface area (Å²) in [6.07, 6.45) is 4.27. The molecule has 0 bridgehead atoms. The molecule has 0 aromatic heterocycles. The molecule has 0 aliphatic heterocycles. The van der Waals surface area contributed by atoms with Gasteiger partial charge in [0.25, 0.3) is 0 Å². The lowest BCUT2D eigenvalue weighted by atomic mass is 9.83. The first-order chi connectivity index (χ1) is 4.22. The normalized spacial score (nSPS) is 45.0. The molecule has 0 saturated heterocycles. The zero-order valence-corrected chi connectivity index (χ0v) is 7.82. The van der Waals surface area contributed by atoms with Crippen LogP contribution in [0.1, 0.15) is 33.1 Å². The minimum atomic E-state index is 0.784. The van der Waals surface area contributed by atoms with Crippen molar-refractivity contribution in [3.05, 3.63) is 0 Å². The summed E-state index contributed by atoms with van der Waals surface area (Å²) < 4.78 is 0. The van der Waals surface area contributed by atoms with E-state index in [1.807, 2.05) is 0 Å². The fraction of sp³-hybridized carbons (Fsp3) is 1.00. The summed E-state index contributed by atoms with van der Waals surface area (Å²) in [6, 6.07) is 0. The molecule has 1 aliphatic carbocycles. The van der Waals surface area contributed by atoms with E-state index in [4.69, 9.17) is 0 Å². The third-order valence-electron chi connectivity index (χ3n) is 2.41. The Bertz CT molecular complexity index is 80.6. The summed E-state index contributed by atoms with van der Waals surface area (Å²) in [6.45, 7) is 4.68. The summed E-state index contributed by atoms with van der Waals surface area (Å²) in [4.78, 5) is 0.784. The molecule has 0 amide bonds. The summed E-state index contributed by atoms with van der Waals surface area (Å²) in [5.41, 5.74) is 0. The summed E-state index contributed by atoms with van der Waals surface area (Å²) in [7, 11) is 0. The second-order valence-electron chi connectivity index (χ2n) is 3.33. The van der Waals surface area contributed by atoms with Crippen molar-refractivity contribution in [2.24, 2.45) is 11.8 Å². The van der Waals surface area contributed by atoms with Crippen LogP contribution in [0.5, 0.6) is 0 Å². The molecule has 54 valence electrons. The predicted molar refractivity (Wildman–Crippen MR) is 44.9 cm³/mol. The van der Waals surface area contributed by atoms with E-state index in [1.165, 1.54) is 19.3 Å².